The van der Waals surface area contributed by atoms with E-state index in [1.165, 1.54) is 11.3 Å². The lowest BCUT2D eigenvalue weighted by atomic mass is 9.90. The van der Waals surface area contributed by atoms with Gasteiger partial charge in [-0.15, -0.1) is 0 Å². The highest BCUT2D eigenvalue weighted by Crippen LogP contribution is 2.29. The number of carbonyl (C=O) groups is 1. The Kier molecular flexibility index (Phi) is 4.61. The molecule has 19 heavy (non-hydrogen) atoms. The second-order valence-corrected chi connectivity index (χ2v) is 5.92. The van der Waals surface area contributed by atoms with Crippen LogP contribution in [0.15, 0.2) is 6.20 Å². The lowest BCUT2D eigenvalue weighted by Crippen LogP contribution is -2.38. The molecule has 1 amide bonds. The summed E-state index contributed by atoms with van der Waals surface area (Å²) < 4.78 is 0. The van der Waals surface area contributed by atoms with E-state index in [4.69, 9.17) is 0 Å². The quantitative estimate of drug-likeness (QED) is 0.908. The predicted octanol–water partition coefficient (Wildman–Crippen LogP) is 2.72. The molecule has 4 nitrogen and oxygen atoms in total. The van der Waals surface area contributed by atoms with Crippen molar-refractivity contribution in [3.63, 3.8) is 0 Å². The van der Waals surface area contributed by atoms with E-state index in [9.17, 15) is 4.79 Å². The van der Waals surface area contributed by atoms with E-state index in [1.807, 2.05) is 11.1 Å². The van der Waals surface area contributed by atoms with Crippen molar-refractivity contribution < 1.29 is 4.79 Å². The molecule has 4 heteroatoms. The first-order valence-electron chi connectivity index (χ1n) is 7.41. The van der Waals surface area contributed by atoms with E-state index in [0.29, 0.717) is 24.2 Å². The maximum absolute atomic E-state index is 12.0. The normalized spacial score (nSPS) is 17.2. The minimum Gasteiger partial charge on any atom is -0.343 e. The van der Waals surface area contributed by atoms with Crippen LogP contribution in [0.25, 0.3) is 0 Å². The second-order valence-electron chi connectivity index (χ2n) is 5.92. The summed E-state index contributed by atoms with van der Waals surface area (Å²) in [6, 6.07) is 0. The summed E-state index contributed by atoms with van der Waals surface area (Å²) in [5, 5.41) is 7.31. The van der Waals surface area contributed by atoms with Gasteiger partial charge in [0.2, 0.25) is 5.91 Å². The van der Waals surface area contributed by atoms with Gasteiger partial charge in [0.05, 0.1) is 6.20 Å². The molecule has 0 aliphatic carbocycles. The fourth-order valence-corrected chi connectivity index (χ4v) is 2.85. The molecule has 1 aliphatic heterocycles. The van der Waals surface area contributed by atoms with E-state index < -0.39 is 0 Å². The SMILES string of the molecule is CCc1cn[nH]c1C1CCN(C(=O)CC(C)C)CC1. The van der Waals surface area contributed by atoms with Gasteiger partial charge in [-0.1, -0.05) is 20.8 Å². The third-order valence-corrected chi connectivity index (χ3v) is 3.97. The lowest BCUT2D eigenvalue weighted by Gasteiger charge is -2.32. The number of hydrogen-bond acceptors (Lipinski definition) is 2. The molecular weight excluding hydrogens is 238 g/mol. The third-order valence-electron chi connectivity index (χ3n) is 3.97. The van der Waals surface area contributed by atoms with E-state index in [-0.39, 0.29) is 0 Å². The van der Waals surface area contributed by atoms with Gasteiger partial charge < -0.3 is 4.90 Å². The van der Waals surface area contributed by atoms with Gasteiger partial charge in [-0.25, -0.2) is 0 Å². The summed E-state index contributed by atoms with van der Waals surface area (Å²) >= 11 is 0. The van der Waals surface area contributed by atoms with Crippen LogP contribution in [-0.2, 0) is 11.2 Å². The summed E-state index contributed by atoms with van der Waals surface area (Å²) in [7, 11) is 0. The number of amides is 1. The molecule has 0 aromatic carbocycles. The molecule has 0 radical (unpaired) electrons. The van der Waals surface area contributed by atoms with Gasteiger partial charge in [-0.3, -0.25) is 9.89 Å². The molecule has 0 atom stereocenters. The molecule has 1 fully saturated rings. The zero-order valence-corrected chi connectivity index (χ0v) is 12.3. The molecule has 1 N–H and O–H groups in total. The van der Waals surface area contributed by atoms with Crippen LogP contribution in [0.1, 0.15) is 57.2 Å². The Morgan fingerprint density at radius 1 is 1.47 bits per heavy atom. The fraction of sp³-hybridized carbons (Fsp3) is 0.733. The molecule has 106 valence electrons. The zero-order chi connectivity index (χ0) is 13.8. The number of likely N-dealkylation sites (tertiary alicyclic amines) is 1. The maximum atomic E-state index is 12.0. The monoisotopic (exact) mass is 263 g/mol. The van der Waals surface area contributed by atoms with Crippen LogP contribution in [0.3, 0.4) is 0 Å². The van der Waals surface area contributed by atoms with Gasteiger partial charge in [-0.05, 0) is 30.7 Å². The Morgan fingerprint density at radius 3 is 2.74 bits per heavy atom. The minimum absolute atomic E-state index is 0.314. The highest BCUT2D eigenvalue weighted by atomic mass is 16.2. The van der Waals surface area contributed by atoms with Crippen molar-refractivity contribution in [1.29, 1.82) is 0 Å². The minimum atomic E-state index is 0.314. The largest absolute Gasteiger partial charge is 0.343 e. The van der Waals surface area contributed by atoms with Crippen molar-refractivity contribution in [3.05, 3.63) is 17.5 Å². The van der Waals surface area contributed by atoms with Crippen molar-refractivity contribution >= 4 is 5.91 Å². The molecule has 1 aliphatic rings. The van der Waals surface area contributed by atoms with Crippen molar-refractivity contribution in [2.75, 3.05) is 13.1 Å². The van der Waals surface area contributed by atoms with Crippen LogP contribution in [-0.4, -0.2) is 34.1 Å². The number of nitrogens with zero attached hydrogens (tertiary/aromatic N) is 2. The molecule has 1 aromatic heterocycles. The number of carbonyl (C=O) groups excluding carboxylic acids is 1. The number of nitrogens with one attached hydrogen (secondary N) is 1. The maximum Gasteiger partial charge on any atom is 0.222 e. The van der Waals surface area contributed by atoms with Gasteiger partial charge >= 0.3 is 0 Å². The molecule has 2 heterocycles. The van der Waals surface area contributed by atoms with Gasteiger partial charge in [0.15, 0.2) is 0 Å². The first-order valence-corrected chi connectivity index (χ1v) is 7.41. The van der Waals surface area contributed by atoms with Crippen LogP contribution in [0.4, 0.5) is 0 Å². The molecule has 2 rings (SSSR count). The number of aromatic amines is 1. The average Bonchev–Trinajstić information content (AvgIpc) is 2.86. The smallest absolute Gasteiger partial charge is 0.222 e. The Balaban J connectivity index is 1.90. The van der Waals surface area contributed by atoms with Gasteiger partial charge in [0, 0.05) is 31.1 Å². The summed E-state index contributed by atoms with van der Waals surface area (Å²) in [5.41, 5.74) is 2.62. The summed E-state index contributed by atoms with van der Waals surface area (Å²) in [5.74, 6) is 1.30. The average molecular weight is 263 g/mol. The molecule has 1 aromatic rings. The van der Waals surface area contributed by atoms with E-state index in [2.05, 4.69) is 31.0 Å². The highest BCUT2D eigenvalue weighted by Gasteiger charge is 2.26. The zero-order valence-electron chi connectivity index (χ0n) is 12.3. The van der Waals surface area contributed by atoms with E-state index >= 15 is 0 Å². The Bertz CT molecular complexity index is 417. The topological polar surface area (TPSA) is 49.0 Å². The Hall–Kier alpha value is -1.32. The molecular formula is C15H25N3O. The van der Waals surface area contributed by atoms with Gasteiger partial charge in [0.25, 0.3) is 0 Å². The number of rotatable bonds is 4. The number of aryl methyl sites for hydroxylation is 1. The predicted molar refractivity (Wildman–Crippen MR) is 76.0 cm³/mol. The van der Waals surface area contributed by atoms with Crippen molar-refractivity contribution in [3.8, 4) is 0 Å². The first kappa shape index (κ1) is 14.1. The van der Waals surface area contributed by atoms with Crippen LogP contribution < -0.4 is 0 Å². The molecule has 0 saturated carbocycles. The first-order chi connectivity index (χ1) is 9.11. The number of aromatic nitrogens is 2. The highest BCUT2D eigenvalue weighted by molar-refractivity contribution is 5.76. The molecule has 0 unspecified atom stereocenters. The summed E-state index contributed by atoms with van der Waals surface area (Å²) in [6.07, 6.45) is 5.75. The molecule has 1 saturated heterocycles. The Morgan fingerprint density at radius 2 is 2.16 bits per heavy atom. The van der Waals surface area contributed by atoms with Gasteiger partial charge in [0.1, 0.15) is 0 Å². The summed E-state index contributed by atoms with van der Waals surface area (Å²) in [6.45, 7) is 8.14. The van der Waals surface area contributed by atoms with Crippen molar-refractivity contribution in [2.45, 2.75) is 52.4 Å². The number of hydrogen-bond donors (Lipinski definition) is 1. The summed E-state index contributed by atoms with van der Waals surface area (Å²) in [4.78, 5) is 14.1. The number of piperidine rings is 1. The fourth-order valence-electron chi connectivity index (χ4n) is 2.85. The third kappa shape index (κ3) is 3.37. The molecule has 0 spiro atoms. The Labute approximate surface area is 115 Å². The lowest BCUT2D eigenvalue weighted by molar-refractivity contribution is -0.133. The molecule has 0 bridgehead atoms. The van der Waals surface area contributed by atoms with Gasteiger partial charge in [-0.2, -0.15) is 5.10 Å². The van der Waals surface area contributed by atoms with Crippen LogP contribution in [0.2, 0.25) is 0 Å². The van der Waals surface area contributed by atoms with E-state index in [1.54, 1.807) is 0 Å². The second kappa shape index (κ2) is 6.22. The standard InChI is InChI=1S/C15H25N3O/c1-4-12-10-16-17-15(12)13-5-7-18(8-6-13)14(19)9-11(2)3/h10-11,13H,4-9H2,1-3H3,(H,16,17). The van der Waals surface area contributed by atoms with Crippen LogP contribution in [0, 0.1) is 5.92 Å². The van der Waals surface area contributed by atoms with Crippen LogP contribution in [0.5, 0.6) is 0 Å². The van der Waals surface area contributed by atoms with E-state index in [0.717, 1.165) is 32.4 Å². The van der Waals surface area contributed by atoms with Crippen molar-refractivity contribution in [2.24, 2.45) is 5.92 Å². The van der Waals surface area contributed by atoms with Crippen LogP contribution >= 0.6 is 0 Å². The van der Waals surface area contributed by atoms with Crippen molar-refractivity contribution in [1.82, 2.24) is 15.1 Å². The number of H-pyrrole nitrogens is 1.